The fraction of sp³-hybridized carbons (Fsp3) is 0.467. The van der Waals surface area contributed by atoms with Crippen molar-refractivity contribution in [3.8, 4) is 0 Å². The van der Waals surface area contributed by atoms with E-state index in [1.165, 1.54) is 0 Å². The minimum Gasteiger partial charge on any atom is -0.397 e. The van der Waals surface area contributed by atoms with Gasteiger partial charge in [-0.15, -0.1) is 0 Å². The summed E-state index contributed by atoms with van der Waals surface area (Å²) in [6.07, 6.45) is 0.891. The molecule has 1 aromatic carbocycles. The van der Waals surface area contributed by atoms with Crippen LogP contribution in [-0.2, 0) is 9.59 Å². The van der Waals surface area contributed by atoms with Crippen molar-refractivity contribution in [3.05, 3.63) is 23.8 Å². The summed E-state index contributed by atoms with van der Waals surface area (Å²) in [7, 11) is 1.73. The SMILES string of the molecule is CCCNC(=O)CN(C)CC(=O)Nc1c(C)cccc1N. The van der Waals surface area contributed by atoms with E-state index in [0.29, 0.717) is 17.9 Å². The Morgan fingerprint density at radius 2 is 1.90 bits per heavy atom. The highest BCUT2D eigenvalue weighted by atomic mass is 16.2. The molecule has 0 aliphatic heterocycles. The third-order valence-corrected chi connectivity index (χ3v) is 2.97. The molecule has 2 amide bonds. The van der Waals surface area contributed by atoms with Gasteiger partial charge >= 0.3 is 0 Å². The Morgan fingerprint density at radius 3 is 2.52 bits per heavy atom. The summed E-state index contributed by atoms with van der Waals surface area (Å²) in [5, 5.41) is 5.56. The molecule has 0 spiro atoms. The third-order valence-electron chi connectivity index (χ3n) is 2.97. The minimum atomic E-state index is -0.193. The second kappa shape index (κ2) is 8.26. The number of nitrogens with zero attached hydrogens (tertiary/aromatic N) is 1. The molecule has 1 aromatic rings. The largest absolute Gasteiger partial charge is 0.397 e. The van der Waals surface area contributed by atoms with E-state index in [0.717, 1.165) is 12.0 Å². The van der Waals surface area contributed by atoms with Crippen LogP contribution in [0.2, 0.25) is 0 Å². The molecule has 0 atom stereocenters. The Kier molecular flexibility index (Phi) is 6.68. The first-order valence-electron chi connectivity index (χ1n) is 7.04. The normalized spacial score (nSPS) is 10.5. The van der Waals surface area contributed by atoms with Crippen LogP contribution in [0.5, 0.6) is 0 Å². The molecule has 0 radical (unpaired) electrons. The monoisotopic (exact) mass is 292 g/mol. The molecule has 0 saturated carbocycles. The van der Waals surface area contributed by atoms with E-state index in [2.05, 4.69) is 10.6 Å². The Balaban J connectivity index is 2.48. The van der Waals surface area contributed by atoms with Crippen molar-refractivity contribution in [1.29, 1.82) is 0 Å². The lowest BCUT2D eigenvalue weighted by atomic mass is 10.1. The predicted molar refractivity (Wildman–Crippen MR) is 85.0 cm³/mol. The van der Waals surface area contributed by atoms with Crippen LogP contribution in [0, 0.1) is 6.92 Å². The highest BCUT2D eigenvalue weighted by Gasteiger charge is 2.12. The highest BCUT2D eigenvalue weighted by molar-refractivity contribution is 5.96. The first-order valence-corrected chi connectivity index (χ1v) is 7.04. The van der Waals surface area contributed by atoms with Crippen molar-refractivity contribution in [2.75, 3.05) is 37.7 Å². The fourth-order valence-electron chi connectivity index (χ4n) is 1.91. The Morgan fingerprint density at radius 1 is 1.24 bits per heavy atom. The van der Waals surface area contributed by atoms with Gasteiger partial charge in [-0.25, -0.2) is 0 Å². The quantitative estimate of drug-likeness (QED) is 0.654. The summed E-state index contributed by atoms with van der Waals surface area (Å²) in [4.78, 5) is 25.2. The predicted octanol–water partition coefficient (Wildman–Crippen LogP) is 0.974. The number of hydrogen-bond acceptors (Lipinski definition) is 4. The van der Waals surface area contributed by atoms with Crippen LogP contribution in [0.25, 0.3) is 0 Å². The molecule has 0 aliphatic rings. The maximum atomic E-state index is 12.0. The molecule has 0 aromatic heterocycles. The molecule has 0 aliphatic carbocycles. The van der Waals surface area contributed by atoms with E-state index in [9.17, 15) is 9.59 Å². The lowest BCUT2D eigenvalue weighted by molar-refractivity contribution is -0.122. The lowest BCUT2D eigenvalue weighted by Crippen LogP contribution is -2.39. The van der Waals surface area contributed by atoms with Crippen LogP contribution in [0.15, 0.2) is 18.2 Å². The van der Waals surface area contributed by atoms with Crippen molar-refractivity contribution in [2.45, 2.75) is 20.3 Å². The second-order valence-electron chi connectivity index (χ2n) is 5.11. The lowest BCUT2D eigenvalue weighted by Gasteiger charge is -2.17. The molecular formula is C15H24N4O2. The van der Waals surface area contributed by atoms with E-state index in [1.807, 2.05) is 26.0 Å². The van der Waals surface area contributed by atoms with Gasteiger partial charge in [-0.2, -0.15) is 0 Å². The molecule has 21 heavy (non-hydrogen) atoms. The average molecular weight is 292 g/mol. The smallest absolute Gasteiger partial charge is 0.238 e. The van der Waals surface area contributed by atoms with Gasteiger partial charge in [-0.05, 0) is 32.0 Å². The molecule has 6 heteroatoms. The summed E-state index contributed by atoms with van der Waals surface area (Å²) in [5.74, 6) is -0.274. The number of anilines is 2. The number of para-hydroxylation sites is 1. The number of nitrogens with two attached hydrogens (primary N) is 1. The molecule has 0 bridgehead atoms. The number of hydrogen-bond donors (Lipinski definition) is 3. The van der Waals surface area contributed by atoms with E-state index in [4.69, 9.17) is 5.73 Å². The number of rotatable bonds is 7. The Bertz CT molecular complexity index is 482. The van der Waals surface area contributed by atoms with Gasteiger partial charge < -0.3 is 16.4 Å². The van der Waals surface area contributed by atoms with E-state index in [-0.39, 0.29) is 24.9 Å². The molecule has 0 unspecified atom stereocenters. The van der Waals surface area contributed by atoms with E-state index < -0.39 is 0 Å². The van der Waals surface area contributed by atoms with Gasteiger partial charge in [0.2, 0.25) is 11.8 Å². The van der Waals surface area contributed by atoms with Crippen molar-refractivity contribution in [1.82, 2.24) is 10.2 Å². The minimum absolute atomic E-state index is 0.0810. The number of benzene rings is 1. The molecule has 6 nitrogen and oxygen atoms in total. The van der Waals surface area contributed by atoms with Gasteiger partial charge in [0.05, 0.1) is 24.5 Å². The van der Waals surface area contributed by atoms with E-state index in [1.54, 1.807) is 18.0 Å². The van der Waals surface area contributed by atoms with Crippen LogP contribution in [0.3, 0.4) is 0 Å². The van der Waals surface area contributed by atoms with Gasteiger partial charge in [-0.1, -0.05) is 19.1 Å². The molecule has 1 rings (SSSR count). The van der Waals surface area contributed by atoms with Crippen LogP contribution >= 0.6 is 0 Å². The van der Waals surface area contributed by atoms with Gasteiger partial charge in [0.1, 0.15) is 0 Å². The van der Waals surface area contributed by atoms with Crippen molar-refractivity contribution >= 4 is 23.2 Å². The average Bonchev–Trinajstić information content (AvgIpc) is 2.40. The first kappa shape index (κ1) is 17.0. The highest BCUT2D eigenvalue weighted by Crippen LogP contribution is 2.22. The maximum absolute atomic E-state index is 12.0. The summed E-state index contributed by atoms with van der Waals surface area (Å²) < 4.78 is 0. The summed E-state index contributed by atoms with van der Waals surface area (Å²) in [6.45, 7) is 4.85. The molecule has 0 saturated heterocycles. The van der Waals surface area contributed by atoms with Gasteiger partial charge in [0, 0.05) is 6.54 Å². The summed E-state index contributed by atoms with van der Waals surface area (Å²) in [5.41, 5.74) is 7.92. The van der Waals surface area contributed by atoms with Crippen LogP contribution in [0.4, 0.5) is 11.4 Å². The molecule has 4 N–H and O–H groups in total. The fourth-order valence-corrected chi connectivity index (χ4v) is 1.91. The van der Waals surface area contributed by atoms with Crippen LogP contribution < -0.4 is 16.4 Å². The third kappa shape index (κ3) is 5.83. The number of nitrogen functional groups attached to an aromatic ring is 1. The zero-order valence-corrected chi connectivity index (χ0v) is 12.9. The maximum Gasteiger partial charge on any atom is 0.238 e. The Labute approximate surface area is 125 Å². The van der Waals surface area contributed by atoms with Gasteiger partial charge in [0.15, 0.2) is 0 Å². The van der Waals surface area contributed by atoms with Crippen molar-refractivity contribution < 1.29 is 9.59 Å². The second-order valence-corrected chi connectivity index (χ2v) is 5.11. The molecular weight excluding hydrogens is 268 g/mol. The van der Waals surface area contributed by atoms with Crippen molar-refractivity contribution in [3.63, 3.8) is 0 Å². The number of nitrogens with one attached hydrogen (secondary N) is 2. The zero-order chi connectivity index (χ0) is 15.8. The number of carbonyl (C=O) groups excluding carboxylic acids is 2. The topological polar surface area (TPSA) is 87.5 Å². The number of carbonyl (C=O) groups is 2. The van der Waals surface area contributed by atoms with Crippen molar-refractivity contribution in [2.24, 2.45) is 0 Å². The van der Waals surface area contributed by atoms with Crippen LogP contribution in [-0.4, -0.2) is 43.4 Å². The Hall–Kier alpha value is -2.08. The summed E-state index contributed by atoms with van der Waals surface area (Å²) in [6, 6.07) is 5.46. The number of aryl methyl sites for hydroxylation is 1. The molecule has 116 valence electrons. The number of amides is 2. The number of likely N-dealkylation sites (N-methyl/N-ethyl adjacent to an activating group) is 1. The zero-order valence-electron chi connectivity index (χ0n) is 12.9. The van der Waals surface area contributed by atoms with Gasteiger partial charge in [0.25, 0.3) is 0 Å². The van der Waals surface area contributed by atoms with E-state index >= 15 is 0 Å². The standard InChI is InChI=1S/C15H24N4O2/c1-4-8-17-13(20)9-19(3)10-14(21)18-15-11(2)6-5-7-12(15)16/h5-7H,4,8-10,16H2,1-3H3,(H,17,20)(H,18,21). The van der Waals surface area contributed by atoms with Gasteiger partial charge in [-0.3, -0.25) is 14.5 Å². The summed E-state index contributed by atoms with van der Waals surface area (Å²) >= 11 is 0. The molecule has 0 fully saturated rings. The first-order chi connectivity index (χ1) is 9.93. The molecule has 0 heterocycles. The van der Waals surface area contributed by atoms with Crippen LogP contribution in [0.1, 0.15) is 18.9 Å².